The summed E-state index contributed by atoms with van der Waals surface area (Å²) in [6, 6.07) is 8.60. The summed E-state index contributed by atoms with van der Waals surface area (Å²) in [5, 5.41) is 0. The molecule has 0 unspecified atom stereocenters. The minimum Gasteiger partial charge on any atom is -0.372 e. The number of rotatable bonds is 3. The van der Waals surface area contributed by atoms with Gasteiger partial charge in [0.15, 0.2) is 0 Å². The molecule has 0 atom stereocenters. The fraction of sp³-hybridized carbons (Fsp3) is 0.533. The number of nitrogens with zero attached hydrogens (tertiary/aromatic N) is 2. The molecule has 1 aromatic carbocycles. The molecule has 2 fully saturated rings. The van der Waals surface area contributed by atoms with Crippen LogP contribution >= 0.6 is 0 Å². The van der Waals surface area contributed by atoms with E-state index in [1.807, 2.05) is 0 Å². The zero-order chi connectivity index (χ0) is 12.4. The molecule has 1 heterocycles. The van der Waals surface area contributed by atoms with Crippen molar-refractivity contribution in [2.24, 2.45) is 4.99 Å². The van der Waals surface area contributed by atoms with Crippen molar-refractivity contribution >= 4 is 11.8 Å². The molecule has 3 nitrogen and oxygen atoms in total. The van der Waals surface area contributed by atoms with E-state index in [1.54, 1.807) is 6.08 Å². The third-order valence-corrected chi connectivity index (χ3v) is 4.32. The Hall–Kier alpha value is -1.60. The Morgan fingerprint density at radius 2 is 1.72 bits per heavy atom. The first-order chi connectivity index (χ1) is 8.84. The highest BCUT2D eigenvalue weighted by Crippen LogP contribution is 2.45. The van der Waals surface area contributed by atoms with Crippen molar-refractivity contribution < 1.29 is 4.79 Å². The molecule has 1 aliphatic heterocycles. The lowest BCUT2D eigenvalue weighted by molar-refractivity contribution is 0.256. The Morgan fingerprint density at radius 3 is 2.22 bits per heavy atom. The standard InChI is InChI=1S/C15H18N2O/c18-12-16-15(8-3-9-15)13-4-6-14(7-5-13)17-10-1-2-11-17/h4-7H,1-3,8-11H2. The van der Waals surface area contributed by atoms with Crippen molar-refractivity contribution in [3.8, 4) is 0 Å². The molecule has 0 spiro atoms. The molecule has 1 saturated heterocycles. The third-order valence-electron chi connectivity index (χ3n) is 4.32. The van der Waals surface area contributed by atoms with E-state index < -0.39 is 0 Å². The highest BCUT2D eigenvalue weighted by Gasteiger charge is 2.38. The average molecular weight is 242 g/mol. The first-order valence-electron chi connectivity index (χ1n) is 6.79. The Kier molecular flexibility index (Phi) is 2.92. The van der Waals surface area contributed by atoms with Crippen LogP contribution in [-0.2, 0) is 10.3 Å². The van der Waals surface area contributed by atoms with Crippen molar-refractivity contribution in [1.29, 1.82) is 0 Å². The SMILES string of the molecule is O=C=NC1(c2ccc(N3CCCC3)cc2)CCC1. The molecule has 3 heteroatoms. The quantitative estimate of drug-likeness (QED) is 0.603. The first-order valence-corrected chi connectivity index (χ1v) is 6.79. The lowest BCUT2D eigenvalue weighted by Crippen LogP contribution is -2.31. The van der Waals surface area contributed by atoms with Gasteiger partial charge in [0, 0.05) is 18.8 Å². The van der Waals surface area contributed by atoms with Crippen LogP contribution in [0.1, 0.15) is 37.7 Å². The zero-order valence-corrected chi connectivity index (χ0v) is 10.6. The van der Waals surface area contributed by atoms with Gasteiger partial charge < -0.3 is 4.90 Å². The molecular formula is C15H18N2O. The predicted molar refractivity (Wildman–Crippen MR) is 71.5 cm³/mol. The average Bonchev–Trinajstić information content (AvgIpc) is 2.88. The summed E-state index contributed by atoms with van der Waals surface area (Å²) in [4.78, 5) is 17.0. The Balaban J connectivity index is 1.84. The molecule has 0 bridgehead atoms. The van der Waals surface area contributed by atoms with Crippen LogP contribution in [0.3, 0.4) is 0 Å². The van der Waals surface area contributed by atoms with E-state index in [-0.39, 0.29) is 5.54 Å². The fourth-order valence-electron chi connectivity index (χ4n) is 3.02. The summed E-state index contributed by atoms with van der Waals surface area (Å²) >= 11 is 0. The molecule has 1 saturated carbocycles. The molecule has 0 radical (unpaired) electrons. The smallest absolute Gasteiger partial charge is 0.235 e. The van der Waals surface area contributed by atoms with Crippen LogP contribution in [-0.4, -0.2) is 19.2 Å². The van der Waals surface area contributed by atoms with Crippen LogP contribution in [0.25, 0.3) is 0 Å². The Labute approximate surface area is 108 Å². The van der Waals surface area contributed by atoms with Crippen LogP contribution in [0.15, 0.2) is 29.3 Å². The maximum absolute atomic E-state index is 10.6. The van der Waals surface area contributed by atoms with Gasteiger partial charge in [-0.25, -0.2) is 4.79 Å². The van der Waals surface area contributed by atoms with Gasteiger partial charge in [-0.1, -0.05) is 12.1 Å². The monoisotopic (exact) mass is 242 g/mol. The maximum atomic E-state index is 10.6. The van der Waals surface area contributed by atoms with E-state index in [0.29, 0.717) is 0 Å². The lowest BCUT2D eigenvalue weighted by atomic mass is 9.72. The van der Waals surface area contributed by atoms with Gasteiger partial charge in [-0.15, -0.1) is 0 Å². The minimum absolute atomic E-state index is 0.259. The van der Waals surface area contributed by atoms with Crippen molar-refractivity contribution in [3.05, 3.63) is 29.8 Å². The van der Waals surface area contributed by atoms with Gasteiger partial charge in [-0.2, -0.15) is 4.99 Å². The van der Waals surface area contributed by atoms with Crippen LogP contribution in [0, 0.1) is 0 Å². The van der Waals surface area contributed by atoms with E-state index in [4.69, 9.17) is 0 Å². The van der Waals surface area contributed by atoms with Gasteiger partial charge in [0.1, 0.15) is 0 Å². The largest absolute Gasteiger partial charge is 0.372 e. The second-order valence-electron chi connectivity index (χ2n) is 5.33. The predicted octanol–water partition coefficient (Wildman–Crippen LogP) is 3.00. The topological polar surface area (TPSA) is 32.7 Å². The number of hydrogen-bond donors (Lipinski definition) is 0. The lowest BCUT2D eigenvalue weighted by Gasteiger charge is -2.37. The summed E-state index contributed by atoms with van der Waals surface area (Å²) in [7, 11) is 0. The van der Waals surface area contributed by atoms with Crippen molar-refractivity contribution in [2.75, 3.05) is 18.0 Å². The van der Waals surface area contributed by atoms with Crippen LogP contribution in [0.4, 0.5) is 5.69 Å². The second-order valence-corrected chi connectivity index (χ2v) is 5.33. The van der Waals surface area contributed by atoms with Crippen molar-refractivity contribution in [1.82, 2.24) is 0 Å². The van der Waals surface area contributed by atoms with E-state index in [2.05, 4.69) is 34.2 Å². The fourth-order valence-corrected chi connectivity index (χ4v) is 3.02. The first kappa shape index (κ1) is 11.5. The molecule has 1 aliphatic carbocycles. The normalized spacial score (nSPS) is 21.2. The Morgan fingerprint density at radius 1 is 1.06 bits per heavy atom. The number of benzene rings is 1. The Bertz CT molecular complexity index is 464. The summed E-state index contributed by atoms with van der Waals surface area (Å²) in [6.07, 6.45) is 7.44. The van der Waals surface area contributed by atoms with Crippen molar-refractivity contribution in [3.63, 3.8) is 0 Å². The van der Waals surface area contributed by atoms with E-state index in [0.717, 1.165) is 32.4 Å². The van der Waals surface area contributed by atoms with E-state index in [1.165, 1.54) is 24.1 Å². The number of anilines is 1. The van der Waals surface area contributed by atoms with Crippen LogP contribution < -0.4 is 4.90 Å². The van der Waals surface area contributed by atoms with Gasteiger partial charge in [0.2, 0.25) is 6.08 Å². The molecule has 94 valence electrons. The van der Waals surface area contributed by atoms with Gasteiger partial charge in [-0.05, 0) is 49.8 Å². The molecule has 3 rings (SSSR count). The molecule has 0 aromatic heterocycles. The van der Waals surface area contributed by atoms with Gasteiger partial charge in [0.25, 0.3) is 0 Å². The summed E-state index contributed by atoms with van der Waals surface area (Å²) in [5.74, 6) is 0. The molecule has 0 amide bonds. The van der Waals surface area contributed by atoms with Gasteiger partial charge in [0.05, 0.1) is 5.54 Å². The maximum Gasteiger partial charge on any atom is 0.235 e. The molecule has 2 aliphatic rings. The third kappa shape index (κ3) is 1.85. The molecule has 0 N–H and O–H groups in total. The number of aliphatic imine (C=N–C) groups is 1. The molecule has 1 aromatic rings. The number of carbonyl (C=O) groups excluding carboxylic acids is 1. The van der Waals surface area contributed by atoms with Gasteiger partial charge >= 0.3 is 0 Å². The van der Waals surface area contributed by atoms with Crippen LogP contribution in [0.5, 0.6) is 0 Å². The van der Waals surface area contributed by atoms with Crippen molar-refractivity contribution in [2.45, 2.75) is 37.6 Å². The molecule has 18 heavy (non-hydrogen) atoms. The summed E-state index contributed by atoms with van der Waals surface area (Å²) in [6.45, 7) is 2.33. The second kappa shape index (κ2) is 4.58. The zero-order valence-electron chi connectivity index (χ0n) is 10.6. The van der Waals surface area contributed by atoms with Crippen LogP contribution in [0.2, 0.25) is 0 Å². The number of hydrogen-bond acceptors (Lipinski definition) is 3. The van der Waals surface area contributed by atoms with E-state index >= 15 is 0 Å². The van der Waals surface area contributed by atoms with E-state index in [9.17, 15) is 4.79 Å². The molecular weight excluding hydrogens is 224 g/mol. The highest BCUT2D eigenvalue weighted by atomic mass is 16.1. The van der Waals surface area contributed by atoms with Gasteiger partial charge in [-0.3, -0.25) is 0 Å². The highest BCUT2D eigenvalue weighted by molar-refractivity contribution is 5.50. The summed E-state index contributed by atoms with van der Waals surface area (Å²) in [5.41, 5.74) is 2.20. The minimum atomic E-state index is -0.259. The summed E-state index contributed by atoms with van der Waals surface area (Å²) < 4.78 is 0. The number of isocyanates is 1.